The molecule has 4 nitrogen and oxygen atoms in total. The highest BCUT2D eigenvalue weighted by molar-refractivity contribution is 14.1. The molecule has 0 spiro atoms. The zero-order valence-electron chi connectivity index (χ0n) is 14.3. The number of ether oxygens (including phenoxy) is 1. The number of benzene rings is 2. The second kappa shape index (κ2) is 8.46. The van der Waals surface area contributed by atoms with Crippen molar-refractivity contribution in [2.45, 2.75) is 20.8 Å². The van der Waals surface area contributed by atoms with E-state index >= 15 is 0 Å². The number of anilines is 1. The van der Waals surface area contributed by atoms with E-state index < -0.39 is 0 Å². The molecule has 2 aromatic rings. The highest BCUT2D eigenvalue weighted by Gasteiger charge is 2.17. The van der Waals surface area contributed by atoms with Crippen LogP contribution in [-0.4, -0.2) is 18.1 Å². The lowest BCUT2D eigenvalue weighted by atomic mass is 10.1. The zero-order valence-corrected chi connectivity index (χ0v) is 18.9. The maximum absolute atomic E-state index is 12.6. The van der Waals surface area contributed by atoms with Gasteiger partial charge in [-0.25, -0.2) is 0 Å². The van der Waals surface area contributed by atoms with Crippen molar-refractivity contribution in [2.75, 3.05) is 12.4 Å². The molecular formula is C18H18BrIN2O2S. The summed E-state index contributed by atoms with van der Waals surface area (Å²) in [6, 6.07) is 7.60. The Balaban J connectivity index is 2.17. The van der Waals surface area contributed by atoms with Crippen molar-refractivity contribution in [3.8, 4) is 5.75 Å². The predicted octanol–water partition coefficient (Wildman–Crippen LogP) is 5.11. The monoisotopic (exact) mass is 532 g/mol. The Hall–Kier alpha value is -1.19. The van der Waals surface area contributed by atoms with E-state index in [9.17, 15) is 4.79 Å². The van der Waals surface area contributed by atoms with Crippen LogP contribution >= 0.6 is 50.7 Å². The first-order valence-corrected chi connectivity index (χ1v) is 9.74. The van der Waals surface area contributed by atoms with E-state index in [1.54, 1.807) is 13.2 Å². The summed E-state index contributed by atoms with van der Waals surface area (Å²) in [5.74, 6) is 0.210. The lowest BCUT2D eigenvalue weighted by molar-refractivity contribution is 0.0974. The molecule has 0 radical (unpaired) electrons. The minimum absolute atomic E-state index is 0.240. The standard InChI is InChI=1S/C18H18BrIN2O2S/c1-9-6-13(7-10(2)15(9)20)21-18(25)22-17(23)14-8-12(19)5-11(3)16(14)24-4/h5-8H,1-4H3,(H2,21,22,23,25). The van der Waals surface area contributed by atoms with Crippen LogP contribution in [0.25, 0.3) is 0 Å². The van der Waals surface area contributed by atoms with Crippen LogP contribution in [0.2, 0.25) is 0 Å². The molecule has 132 valence electrons. The third kappa shape index (κ3) is 4.92. The molecule has 2 rings (SSSR count). The molecule has 0 fully saturated rings. The Kier molecular flexibility index (Phi) is 6.81. The molecule has 0 atom stereocenters. The first-order valence-electron chi connectivity index (χ1n) is 7.46. The minimum Gasteiger partial charge on any atom is -0.496 e. The largest absolute Gasteiger partial charge is 0.496 e. The highest BCUT2D eigenvalue weighted by atomic mass is 127. The van der Waals surface area contributed by atoms with Gasteiger partial charge in [-0.1, -0.05) is 15.9 Å². The van der Waals surface area contributed by atoms with Crippen molar-refractivity contribution >= 4 is 67.4 Å². The fourth-order valence-corrected chi connectivity index (χ4v) is 3.61. The van der Waals surface area contributed by atoms with E-state index in [1.165, 1.54) is 3.57 Å². The molecular weight excluding hydrogens is 515 g/mol. The number of rotatable bonds is 3. The zero-order chi connectivity index (χ0) is 18.7. The SMILES string of the molecule is COc1c(C)cc(Br)cc1C(=O)NC(=S)Nc1cc(C)c(I)c(C)c1. The van der Waals surface area contributed by atoms with E-state index in [-0.39, 0.29) is 11.0 Å². The second-order valence-electron chi connectivity index (χ2n) is 5.64. The van der Waals surface area contributed by atoms with Gasteiger partial charge in [0.1, 0.15) is 5.75 Å². The van der Waals surface area contributed by atoms with Crippen molar-refractivity contribution in [3.63, 3.8) is 0 Å². The maximum Gasteiger partial charge on any atom is 0.261 e. The van der Waals surface area contributed by atoms with Crippen LogP contribution in [0.1, 0.15) is 27.0 Å². The van der Waals surface area contributed by atoms with Crippen LogP contribution in [0.5, 0.6) is 5.75 Å². The summed E-state index contributed by atoms with van der Waals surface area (Å²) in [4.78, 5) is 12.6. The van der Waals surface area contributed by atoms with E-state index in [1.807, 2.05) is 39.0 Å². The van der Waals surface area contributed by atoms with Gasteiger partial charge in [0.2, 0.25) is 0 Å². The van der Waals surface area contributed by atoms with Gasteiger partial charge in [0.15, 0.2) is 5.11 Å². The number of nitrogens with one attached hydrogen (secondary N) is 2. The first kappa shape index (κ1) is 20.1. The normalized spacial score (nSPS) is 10.3. The van der Waals surface area contributed by atoms with Crippen LogP contribution in [-0.2, 0) is 0 Å². The number of thiocarbonyl (C=S) groups is 1. The third-order valence-electron chi connectivity index (χ3n) is 3.61. The minimum atomic E-state index is -0.322. The van der Waals surface area contributed by atoms with Crippen molar-refractivity contribution < 1.29 is 9.53 Å². The van der Waals surface area contributed by atoms with Gasteiger partial charge in [-0.15, -0.1) is 0 Å². The van der Waals surface area contributed by atoms with Gasteiger partial charge >= 0.3 is 0 Å². The molecule has 0 saturated carbocycles. The Morgan fingerprint density at radius 3 is 2.28 bits per heavy atom. The first-order chi connectivity index (χ1) is 11.7. The fraction of sp³-hybridized carbons (Fsp3) is 0.222. The molecule has 25 heavy (non-hydrogen) atoms. The number of amides is 1. The molecule has 1 amide bonds. The van der Waals surface area contributed by atoms with Gasteiger partial charge in [0, 0.05) is 13.7 Å². The number of hydrogen-bond acceptors (Lipinski definition) is 3. The summed E-state index contributed by atoms with van der Waals surface area (Å²) >= 11 is 11.0. The van der Waals surface area contributed by atoms with Crippen molar-refractivity contribution in [3.05, 3.63) is 54.6 Å². The topological polar surface area (TPSA) is 50.4 Å². The predicted molar refractivity (Wildman–Crippen MR) is 118 cm³/mol. The van der Waals surface area contributed by atoms with E-state index in [4.69, 9.17) is 17.0 Å². The quantitative estimate of drug-likeness (QED) is 0.426. The van der Waals surface area contributed by atoms with Crippen molar-refractivity contribution in [1.82, 2.24) is 5.32 Å². The molecule has 0 saturated heterocycles. The molecule has 0 aliphatic carbocycles. The number of aryl methyl sites for hydroxylation is 3. The Labute approximate surface area is 175 Å². The summed E-state index contributed by atoms with van der Waals surface area (Å²) < 4.78 is 7.37. The van der Waals surface area contributed by atoms with Gasteiger partial charge in [-0.3, -0.25) is 10.1 Å². The Morgan fingerprint density at radius 2 is 1.72 bits per heavy atom. The molecule has 0 aromatic heterocycles. The van der Waals surface area contributed by atoms with Crippen LogP contribution < -0.4 is 15.4 Å². The van der Waals surface area contributed by atoms with Gasteiger partial charge in [0.25, 0.3) is 5.91 Å². The average Bonchev–Trinajstić information content (AvgIpc) is 2.51. The Bertz CT molecular complexity index is 832. The third-order valence-corrected chi connectivity index (χ3v) is 5.97. The van der Waals surface area contributed by atoms with E-state index in [0.717, 1.165) is 26.9 Å². The summed E-state index contributed by atoms with van der Waals surface area (Å²) in [6.07, 6.45) is 0. The molecule has 0 aliphatic rings. The molecule has 2 N–H and O–H groups in total. The van der Waals surface area contributed by atoms with Crippen LogP contribution in [0, 0.1) is 24.3 Å². The van der Waals surface area contributed by atoms with Gasteiger partial charge < -0.3 is 10.1 Å². The average molecular weight is 533 g/mol. The smallest absolute Gasteiger partial charge is 0.261 e. The number of hydrogen-bond donors (Lipinski definition) is 2. The molecule has 0 heterocycles. The number of carbonyl (C=O) groups is 1. The molecule has 2 aromatic carbocycles. The summed E-state index contributed by atoms with van der Waals surface area (Å²) in [5.41, 5.74) is 4.44. The summed E-state index contributed by atoms with van der Waals surface area (Å²) in [7, 11) is 1.54. The van der Waals surface area contributed by atoms with Crippen molar-refractivity contribution in [1.29, 1.82) is 0 Å². The van der Waals surface area contributed by atoms with Gasteiger partial charge in [-0.05, 0) is 96.5 Å². The summed E-state index contributed by atoms with van der Waals surface area (Å²) in [6.45, 7) is 5.96. The van der Waals surface area contributed by atoms with Crippen LogP contribution in [0.15, 0.2) is 28.7 Å². The van der Waals surface area contributed by atoms with E-state index in [0.29, 0.717) is 11.3 Å². The molecule has 0 aliphatic heterocycles. The van der Waals surface area contributed by atoms with Crippen LogP contribution in [0.4, 0.5) is 5.69 Å². The fourth-order valence-electron chi connectivity index (χ4n) is 2.52. The lowest BCUT2D eigenvalue weighted by Gasteiger charge is -2.15. The molecule has 7 heteroatoms. The number of carbonyl (C=O) groups excluding carboxylic acids is 1. The number of methoxy groups -OCH3 is 1. The van der Waals surface area contributed by atoms with Crippen molar-refractivity contribution in [2.24, 2.45) is 0 Å². The maximum atomic E-state index is 12.6. The molecule has 0 bridgehead atoms. The van der Waals surface area contributed by atoms with E-state index in [2.05, 4.69) is 49.2 Å². The Morgan fingerprint density at radius 1 is 1.12 bits per heavy atom. The molecule has 0 unspecified atom stereocenters. The lowest BCUT2D eigenvalue weighted by Crippen LogP contribution is -2.34. The van der Waals surface area contributed by atoms with Gasteiger partial charge in [0.05, 0.1) is 12.7 Å². The van der Waals surface area contributed by atoms with Crippen LogP contribution in [0.3, 0.4) is 0 Å². The number of halogens is 2. The second-order valence-corrected chi connectivity index (χ2v) is 8.04. The van der Waals surface area contributed by atoms with Gasteiger partial charge in [-0.2, -0.15) is 0 Å². The summed E-state index contributed by atoms with van der Waals surface area (Å²) in [5, 5.41) is 6.01. The highest BCUT2D eigenvalue weighted by Crippen LogP contribution is 2.28.